The van der Waals surface area contributed by atoms with Crippen LogP contribution in [0.25, 0.3) is 0 Å². The van der Waals surface area contributed by atoms with Crippen molar-refractivity contribution in [3.05, 3.63) is 35.9 Å². The number of thiocarbonyl (C=S) groups is 1. The molecule has 0 aliphatic heterocycles. The van der Waals surface area contributed by atoms with Gasteiger partial charge in [0.2, 0.25) is 0 Å². The summed E-state index contributed by atoms with van der Waals surface area (Å²) in [6.07, 6.45) is 6.70. The van der Waals surface area contributed by atoms with Crippen LogP contribution in [0.15, 0.2) is 30.3 Å². The zero-order valence-corrected chi connectivity index (χ0v) is 15.9. The summed E-state index contributed by atoms with van der Waals surface area (Å²) in [5.74, 6) is 1.81. The molecule has 0 radical (unpaired) electrons. The average molecular weight is 346 g/mol. The van der Waals surface area contributed by atoms with Gasteiger partial charge in [-0.25, -0.2) is 0 Å². The van der Waals surface area contributed by atoms with Crippen molar-refractivity contribution in [2.24, 2.45) is 11.8 Å². The fourth-order valence-corrected chi connectivity index (χ4v) is 4.61. The average Bonchev–Trinajstić information content (AvgIpc) is 3.17. The molecule has 0 spiro atoms. The Labute approximate surface area is 152 Å². The number of nitrogens with zero attached hydrogens (tertiary/aromatic N) is 2. The number of hydrogen-bond donors (Lipinski definition) is 1. The third kappa shape index (κ3) is 4.70. The van der Waals surface area contributed by atoms with Gasteiger partial charge in [-0.2, -0.15) is 0 Å². The molecular formula is C20H31N3S. The van der Waals surface area contributed by atoms with Gasteiger partial charge in [0.25, 0.3) is 0 Å². The largest absolute Gasteiger partial charge is 0.360 e. The first-order chi connectivity index (χ1) is 11.6. The third-order valence-corrected chi connectivity index (χ3v) is 5.96. The smallest absolute Gasteiger partial charge is 0.169 e. The molecule has 2 bridgehead atoms. The van der Waals surface area contributed by atoms with E-state index in [1.807, 2.05) is 0 Å². The lowest BCUT2D eigenvalue weighted by Gasteiger charge is -2.31. The Balaban J connectivity index is 1.58. The first kappa shape index (κ1) is 17.7. The molecule has 3 atom stereocenters. The molecule has 132 valence electrons. The maximum atomic E-state index is 5.81. The topological polar surface area (TPSA) is 18.5 Å². The molecule has 2 fully saturated rings. The summed E-state index contributed by atoms with van der Waals surface area (Å²) in [5, 5.41) is 4.67. The van der Waals surface area contributed by atoms with Crippen molar-refractivity contribution in [3.8, 4) is 0 Å². The maximum Gasteiger partial charge on any atom is 0.169 e. The van der Waals surface area contributed by atoms with Crippen molar-refractivity contribution >= 4 is 17.3 Å². The molecule has 2 saturated carbocycles. The molecule has 2 aliphatic carbocycles. The molecule has 0 saturated heterocycles. The molecule has 0 amide bonds. The van der Waals surface area contributed by atoms with E-state index in [0.29, 0.717) is 6.04 Å². The van der Waals surface area contributed by atoms with Crippen LogP contribution in [0.5, 0.6) is 0 Å². The van der Waals surface area contributed by atoms with E-state index in [1.165, 1.54) is 31.2 Å². The van der Waals surface area contributed by atoms with Crippen molar-refractivity contribution in [1.82, 2.24) is 15.1 Å². The fraction of sp³-hybridized carbons (Fsp3) is 0.650. The Bertz CT molecular complexity index is 531. The summed E-state index contributed by atoms with van der Waals surface area (Å²) in [7, 11) is 4.26. The Morgan fingerprint density at radius 2 is 1.92 bits per heavy atom. The summed E-state index contributed by atoms with van der Waals surface area (Å²) >= 11 is 5.81. The minimum atomic E-state index is 0.614. The summed E-state index contributed by atoms with van der Waals surface area (Å²) < 4.78 is 0. The van der Waals surface area contributed by atoms with E-state index in [-0.39, 0.29) is 0 Å². The van der Waals surface area contributed by atoms with Crippen molar-refractivity contribution in [3.63, 3.8) is 0 Å². The summed E-state index contributed by atoms with van der Waals surface area (Å²) in [6.45, 7) is 3.02. The highest BCUT2D eigenvalue weighted by molar-refractivity contribution is 7.80. The van der Waals surface area contributed by atoms with Gasteiger partial charge in [-0.1, -0.05) is 36.8 Å². The molecule has 0 unspecified atom stereocenters. The van der Waals surface area contributed by atoms with Gasteiger partial charge in [0.15, 0.2) is 5.11 Å². The lowest BCUT2D eigenvalue weighted by Crippen LogP contribution is -2.46. The predicted molar refractivity (Wildman–Crippen MR) is 105 cm³/mol. The quantitative estimate of drug-likeness (QED) is 0.762. The van der Waals surface area contributed by atoms with E-state index >= 15 is 0 Å². The van der Waals surface area contributed by atoms with Crippen LogP contribution < -0.4 is 5.32 Å². The molecule has 4 heteroatoms. The summed E-state index contributed by atoms with van der Waals surface area (Å²) in [5.41, 5.74) is 1.33. The second-order valence-corrected chi connectivity index (χ2v) is 8.18. The molecule has 1 N–H and O–H groups in total. The van der Waals surface area contributed by atoms with Gasteiger partial charge in [-0.3, -0.25) is 0 Å². The molecule has 3 nitrogen and oxygen atoms in total. The Hall–Kier alpha value is -1.13. The highest BCUT2D eigenvalue weighted by atomic mass is 32.1. The number of nitrogens with one attached hydrogen (secondary N) is 1. The zero-order chi connectivity index (χ0) is 16.9. The number of rotatable bonds is 7. The molecule has 2 aliphatic rings. The van der Waals surface area contributed by atoms with E-state index < -0.39 is 0 Å². The van der Waals surface area contributed by atoms with Crippen LogP contribution in [0.2, 0.25) is 0 Å². The van der Waals surface area contributed by atoms with Gasteiger partial charge >= 0.3 is 0 Å². The van der Waals surface area contributed by atoms with Crippen LogP contribution in [0, 0.1) is 11.8 Å². The molecule has 24 heavy (non-hydrogen) atoms. The van der Waals surface area contributed by atoms with Gasteiger partial charge in [0.1, 0.15) is 0 Å². The van der Waals surface area contributed by atoms with Crippen molar-refractivity contribution in [2.75, 3.05) is 27.2 Å². The molecular weight excluding hydrogens is 314 g/mol. The molecule has 1 aromatic rings. The SMILES string of the molecule is CN(C)CCCN(Cc1ccccc1)C(=S)N[C@H]1C[C@H]2CC[C@@H]1C2. The van der Waals surface area contributed by atoms with Crippen molar-refractivity contribution < 1.29 is 0 Å². The molecule has 0 aromatic heterocycles. The van der Waals surface area contributed by atoms with Gasteiger partial charge < -0.3 is 15.1 Å². The van der Waals surface area contributed by atoms with Gasteiger partial charge in [0, 0.05) is 19.1 Å². The van der Waals surface area contributed by atoms with Gasteiger partial charge in [-0.05, 0) is 75.9 Å². The molecule has 0 heterocycles. The van der Waals surface area contributed by atoms with E-state index in [4.69, 9.17) is 12.2 Å². The fourth-order valence-electron chi connectivity index (χ4n) is 4.31. The predicted octanol–water partition coefficient (Wildman–Crippen LogP) is 3.50. The van der Waals surface area contributed by atoms with Crippen molar-refractivity contribution in [1.29, 1.82) is 0 Å². The minimum absolute atomic E-state index is 0.614. The maximum absolute atomic E-state index is 5.81. The first-order valence-electron chi connectivity index (χ1n) is 9.36. The number of benzene rings is 1. The van der Waals surface area contributed by atoms with Gasteiger partial charge in [-0.15, -0.1) is 0 Å². The number of fused-ring (bicyclic) bond motifs is 2. The summed E-state index contributed by atoms with van der Waals surface area (Å²) in [4.78, 5) is 4.60. The minimum Gasteiger partial charge on any atom is -0.360 e. The normalized spacial score (nSPS) is 25.2. The van der Waals surface area contributed by atoms with Crippen LogP contribution in [0.1, 0.15) is 37.7 Å². The second-order valence-electron chi connectivity index (χ2n) is 7.79. The Morgan fingerprint density at radius 3 is 2.54 bits per heavy atom. The third-order valence-electron chi connectivity index (χ3n) is 5.58. The number of hydrogen-bond acceptors (Lipinski definition) is 2. The monoisotopic (exact) mass is 345 g/mol. The van der Waals surface area contributed by atoms with Crippen LogP contribution in [0.4, 0.5) is 0 Å². The van der Waals surface area contributed by atoms with Crippen LogP contribution >= 0.6 is 12.2 Å². The molecule has 3 rings (SSSR count). The van der Waals surface area contributed by atoms with E-state index in [9.17, 15) is 0 Å². The highest BCUT2D eigenvalue weighted by Gasteiger charge is 2.39. The van der Waals surface area contributed by atoms with E-state index in [0.717, 1.165) is 43.0 Å². The van der Waals surface area contributed by atoms with Crippen LogP contribution in [-0.2, 0) is 6.54 Å². The zero-order valence-electron chi connectivity index (χ0n) is 15.1. The van der Waals surface area contributed by atoms with E-state index in [2.05, 4.69) is 59.5 Å². The highest BCUT2D eigenvalue weighted by Crippen LogP contribution is 2.44. The second kappa shape index (κ2) is 8.30. The Morgan fingerprint density at radius 1 is 1.12 bits per heavy atom. The standard InChI is InChI=1S/C20H31N3S/c1-22(2)11-6-12-23(15-16-7-4-3-5-8-16)20(24)21-19-14-17-9-10-18(19)13-17/h3-5,7-8,17-19H,6,9-15H2,1-2H3,(H,21,24)/t17-,18+,19-/m0/s1. The lowest BCUT2D eigenvalue weighted by molar-refractivity contribution is 0.327. The van der Waals surface area contributed by atoms with Crippen LogP contribution in [-0.4, -0.2) is 48.1 Å². The summed E-state index contributed by atoms with van der Waals surface area (Å²) in [6, 6.07) is 11.3. The van der Waals surface area contributed by atoms with Crippen molar-refractivity contribution in [2.45, 2.75) is 44.7 Å². The van der Waals surface area contributed by atoms with E-state index in [1.54, 1.807) is 0 Å². The molecule has 1 aromatic carbocycles. The Kier molecular flexibility index (Phi) is 6.12. The van der Waals surface area contributed by atoms with Gasteiger partial charge in [0.05, 0.1) is 0 Å². The van der Waals surface area contributed by atoms with Crippen LogP contribution in [0.3, 0.4) is 0 Å². The first-order valence-corrected chi connectivity index (χ1v) is 9.76. The lowest BCUT2D eigenvalue weighted by atomic mass is 9.95.